The summed E-state index contributed by atoms with van der Waals surface area (Å²) >= 11 is 1.41. The Bertz CT molecular complexity index is 1120. The van der Waals surface area contributed by atoms with Crippen LogP contribution < -0.4 is 5.32 Å². The van der Waals surface area contributed by atoms with E-state index in [0.717, 1.165) is 21.0 Å². The van der Waals surface area contributed by atoms with Crippen molar-refractivity contribution in [1.82, 2.24) is 10.2 Å². The second kappa shape index (κ2) is 6.11. The highest BCUT2D eigenvalue weighted by atomic mass is 32.1. The van der Waals surface area contributed by atoms with Crippen LogP contribution in [0.5, 0.6) is 0 Å². The van der Waals surface area contributed by atoms with E-state index in [2.05, 4.69) is 17.2 Å². The van der Waals surface area contributed by atoms with Crippen LogP contribution in [-0.2, 0) is 4.79 Å². The van der Waals surface area contributed by atoms with Gasteiger partial charge >= 0.3 is 0 Å². The number of hydrogen-bond acceptors (Lipinski definition) is 3. The van der Waals surface area contributed by atoms with Crippen LogP contribution in [0.15, 0.2) is 30.3 Å². The Balaban J connectivity index is 1.87. The molecular formula is C20H16FN3OS. The van der Waals surface area contributed by atoms with Gasteiger partial charge in [-0.15, -0.1) is 17.3 Å². The lowest BCUT2D eigenvalue weighted by atomic mass is 9.98. The van der Waals surface area contributed by atoms with E-state index in [4.69, 9.17) is 5.41 Å². The molecule has 1 aliphatic heterocycles. The molecule has 0 radical (unpaired) electrons. The Morgan fingerprint density at radius 1 is 1.31 bits per heavy atom. The van der Waals surface area contributed by atoms with E-state index in [0.29, 0.717) is 10.3 Å². The zero-order valence-corrected chi connectivity index (χ0v) is 15.1. The Morgan fingerprint density at radius 3 is 2.85 bits per heavy atom. The molecule has 130 valence electrons. The summed E-state index contributed by atoms with van der Waals surface area (Å²) in [6, 6.07) is 8.86. The Labute approximate surface area is 154 Å². The van der Waals surface area contributed by atoms with Crippen LogP contribution in [0.3, 0.4) is 0 Å². The molecule has 2 N–H and O–H groups in total. The molecule has 1 aliphatic rings. The van der Waals surface area contributed by atoms with Gasteiger partial charge in [0.25, 0.3) is 0 Å². The third-order valence-corrected chi connectivity index (χ3v) is 5.81. The Kier molecular flexibility index (Phi) is 3.89. The molecule has 0 saturated carbocycles. The number of amides is 1. The second-order valence-electron chi connectivity index (χ2n) is 6.27. The summed E-state index contributed by atoms with van der Waals surface area (Å²) in [5.74, 6) is 5.48. The van der Waals surface area contributed by atoms with Crippen molar-refractivity contribution in [3.05, 3.63) is 47.3 Å². The van der Waals surface area contributed by atoms with Gasteiger partial charge in [-0.2, -0.15) is 0 Å². The summed E-state index contributed by atoms with van der Waals surface area (Å²) in [5.41, 5.74) is 1.56. The fourth-order valence-electron chi connectivity index (χ4n) is 3.23. The summed E-state index contributed by atoms with van der Waals surface area (Å²) in [5, 5.41) is 12.6. The standard InChI is InChI=1S/C20H16FN3OS/c1-3-4-11-5-6-17-13(7-11)14-8-12(9-15(21)19(14)26-17)16-10-18(25)24(2)20(22)23-16/h5-9,16H,10H2,1-2H3,(H2,22,23). The van der Waals surface area contributed by atoms with Crippen molar-refractivity contribution in [3.63, 3.8) is 0 Å². The van der Waals surface area contributed by atoms with Gasteiger partial charge < -0.3 is 5.32 Å². The van der Waals surface area contributed by atoms with Gasteiger partial charge in [0.15, 0.2) is 5.96 Å². The molecule has 4 rings (SSSR count). The number of fused-ring (bicyclic) bond motifs is 3. The number of halogens is 1. The van der Waals surface area contributed by atoms with Crippen molar-refractivity contribution in [1.29, 1.82) is 5.41 Å². The fraction of sp³-hybridized carbons (Fsp3) is 0.200. The molecule has 1 amide bonds. The highest BCUT2D eigenvalue weighted by molar-refractivity contribution is 7.25. The van der Waals surface area contributed by atoms with E-state index >= 15 is 0 Å². The van der Waals surface area contributed by atoms with Gasteiger partial charge in [0, 0.05) is 28.1 Å². The first-order chi connectivity index (χ1) is 12.5. The van der Waals surface area contributed by atoms with Crippen LogP contribution in [0, 0.1) is 23.1 Å². The molecule has 1 unspecified atom stereocenters. The van der Waals surface area contributed by atoms with Gasteiger partial charge in [-0.05, 0) is 42.8 Å². The molecular weight excluding hydrogens is 349 g/mol. The topological polar surface area (TPSA) is 56.2 Å². The van der Waals surface area contributed by atoms with E-state index in [-0.39, 0.29) is 24.1 Å². The number of benzene rings is 2. The molecule has 0 bridgehead atoms. The molecule has 1 saturated heterocycles. The normalized spacial score (nSPS) is 17.3. The van der Waals surface area contributed by atoms with Gasteiger partial charge in [0.2, 0.25) is 5.91 Å². The first kappa shape index (κ1) is 16.6. The summed E-state index contributed by atoms with van der Waals surface area (Å²) in [4.78, 5) is 13.3. The number of thiophene rings is 1. The van der Waals surface area contributed by atoms with Gasteiger partial charge in [-0.3, -0.25) is 15.1 Å². The van der Waals surface area contributed by atoms with Gasteiger partial charge in [0.1, 0.15) is 5.82 Å². The number of rotatable bonds is 1. The number of guanidine groups is 1. The largest absolute Gasteiger partial charge is 0.349 e. The van der Waals surface area contributed by atoms with Crippen molar-refractivity contribution in [2.24, 2.45) is 0 Å². The lowest BCUT2D eigenvalue weighted by Gasteiger charge is -2.31. The van der Waals surface area contributed by atoms with Gasteiger partial charge in [-0.1, -0.05) is 5.92 Å². The van der Waals surface area contributed by atoms with Crippen LogP contribution in [0.25, 0.3) is 20.2 Å². The molecule has 1 aromatic heterocycles. The Hall–Kier alpha value is -2.91. The van der Waals surface area contributed by atoms with Crippen LogP contribution in [0.2, 0.25) is 0 Å². The van der Waals surface area contributed by atoms with Crippen molar-refractivity contribution in [3.8, 4) is 11.8 Å². The smallest absolute Gasteiger partial charge is 0.231 e. The first-order valence-electron chi connectivity index (χ1n) is 8.18. The molecule has 3 aromatic rings. The summed E-state index contributed by atoms with van der Waals surface area (Å²) in [6.45, 7) is 1.78. The summed E-state index contributed by atoms with van der Waals surface area (Å²) < 4.78 is 16.4. The predicted molar refractivity (Wildman–Crippen MR) is 103 cm³/mol. The monoisotopic (exact) mass is 365 g/mol. The van der Waals surface area contributed by atoms with E-state index < -0.39 is 6.04 Å². The van der Waals surface area contributed by atoms with Crippen molar-refractivity contribution < 1.29 is 9.18 Å². The molecule has 1 atom stereocenters. The third-order valence-electron chi connectivity index (χ3n) is 4.62. The highest BCUT2D eigenvalue weighted by Crippen LogP contribution is 2.38. The molecule has 4 nitrogen and oxygen atoms in total. The summed E-state index contributed by atoms with van der Waals surface area (Å²) in [7, 11) is 1.56. The fourth-order valence-corrected chi connectivity index (χ4v) is 4.30. The Morgan fingerprint density at radius 2 is 2.12 bits per heavy atom. The van der Waals surface area contributed by atoms with Crippen molar-refractivity contribution in [2.75, 3.05) is 7.05 Å². The van der Waals surface area contributed by atoms with Crippen LogP contribution in [-0.4, -0.2) is 23.8 Å². The van der Waals surface area contributed by atoms with E-state index in [1.165, 1.54) is 22.3 Å². The average molecular weight is 365 g/mol. The van der Waals surface area contributed by atoms with Crippen molar-refractivity contribution in [2.45, 2.75) is 19.4 Å². The molecule has 2 heterocycles. The SMILES string of the molecule is CC#Cc1ccc2sc3c(F)cc(C4CC(=O)N(C)C(=N)N4)cc3c2c1. The number of carbonyl (C=O) groups excluding carboxylic acids is 1. The zero-order valence-electron chi connectivity index (χ0n) is 14.3. The number of hydrogen-bond donors (Lipinski definition) is 2. The second-order valence-corrected chi connectivity index (χ2v) is 7.32. The maximum atomic E-state index is 14.8. The van der Waals surface area contributed by atoms with Crippen LogP contribution in [0.4, 0.5) is 4.39 Å². The number of nitrogens with one attached hydrogen (secondary N) is 2. The molecule has 6 heteroatoms. The molecule has 0 spiro atoms. The molecule has 26 heavy (non-hydrogen) atoms. The zero-order chi connectivity index (χ0) is 18.4. The van der Waals surface area contributed by atoms with E-state index in [1.807, 2.05) is 24.3 Å². The van der Waals surface area contributed by atoms with Crippen LogP contribution >= 0.6 is 11.3 Å². The lowest BCUT2D eigenvalue weighted by molar-refractivity contribution is -0.128. The quantitative estimate of drug-likeness (QED) is 0.641. The molecule has 2 aromatic carbocycles. The van der Waals surface area contributed by atoms with E-state index in [9.17, 15) is 9.18 Å². The first-order valence-corrected chi connectivity index (χ1v) is 8.99. The third kappa shape index (κ3) is 2.61. The minimum absolute atomic E-state index is 0.0300. The van der Waals surface area contributed by atoms with E-state index in [1.54, 1.807) is 14.0 Å². The molecule has 0 aliphatic carbocycles. The van der Waals surface area contributed by atoms with Gasteiger partial charge in [0.05, 0.1) is 17.2 Å². The molecule has 1 fully saturated rings. The minimum Gasteiger partial charge on any atom is -0.349 e. The maximum absolute atomic E-state index is 14.8. The lowest BCUT2D eigenvalue weighted by Crippen LogP contribution is -2.49. The summed E-state index contributed by atoms with van der Waals surface area (Å²) in [6.07, 6.45) is 0.193. The van der Waals surface area contributed by atoms with Gasteiger partial charge in [-0.25, -0.2) is 4.39 Å². The maximum Gasteiger partial charge on any atom is 0.231 e. The van der Waals surface area contributed by atoms with Crippen molar-refractivity contribution >= 4 is 43.4 Å². The number of carbonyl (C=O) groups is 1. The average Bonchev–Trinajstić information content (AvgIpc) is 2.98. The van der Waals surface area contributed by atoms with Crippen LogP contribution in [0.1, 0.15) is 30.5 Å². The highest BCUT2D eigenvalue weighted by Gasteiger charge is 2.28. The predicted octanol–water partition coefficient (Wildman–Crippen LogP) is 3.99. The minimum atomic E-state index is -0.404. The number of nitrogens with zero attached hydrogens (tertiary/aromatic N) is 1.